The van der Waals surface area contributed by atoms with Crippen molar-refractivity contribution in [2.45, 2.75) is 53.0 Å². The van der Waals surface area contributed by atoms with Gasteiger partial charge in [-0.2, -0.15) is 0 Å². The standard InChI is InChI=1S/C15H28N2O4/c1-10(2)15(12(4)18)17-13(19)9-16-8-7-11(3)5-6-14(20)21/h10-11,15-16H,5-9H2,1-4H3,(H,17,19)(H,20,21). The molecule has 0 bridgehead atoms. The van der Waals surface area contributed by atoms with Crippen molar-refractivity contribution in [3.8, 4) is 0 Å². The van der Waals surface area contributed by atoms with E-state index >= 15 is 0 Å². The molecule has 6 heteroatoms. The highest BCUT2D eigenvalue weighted by Crippen LogP contribution is 2.09. The van der Waals surface area contributed by atoms with Gasteiger partial charge in [-0.1, -0.05) is 20.8 Å². The SMILES string of the molecule is CC(=O)C(NC(=O)CNCCC(C)CCC(=O)O)C(C)C. The lowest BCUT2D eigenvalue weighted by molar-refractivity contribution is -0.137. The van der Waals surface area contributed by atoms with E-state index in [0.29, 0.717) is 18.9 Å². The minimum atomic E-state index is -0.779. The fourth-order valence-corrected chi connectivity index (χ4v) is 2.03. The topological polar surface area (TPSA) is 95.5 Å². The molecule has 0 fully saturated rings. The maximum absolute atomic E-state index is 11.7. The molecule has 0 saturated carbocycles. The number of carboxylic acids is 1. The molecule has 21 heavy (non-hydrogen) atoms. The molecule has 0 spiro atoms. The lowest BCUT2D eigenvalue weighted by atomic mass is 10.0. The lowest BCUT2D eigenvalue weighted by Crippen LogP contribution is -2.46. The number of carbonyl (C=O) groups excluding carboxylic acids is 2. The number of Topliss-reactive ketones (excluding diaryl/α,β-unsaturated/α-hetero) is 1. The number of carbonyl (C=O) groups is 3. The average Bonchev–Trinajstić information content (AvgIpc) is 2.37. The zero-order valence-corrected chi connectivity index (χ0v) is 13.4. The first-order valence-electron chi connectivity index (χ1n) is 7.46. The molecule has 0 rings (SSSR count). The molecule has 0 aromatic rings. The number of aliphatic carboxylic acids is 1. The van der Waals surface area contributed by atoms with Gasteiger partial charge in [0.1, 0.15) is 0 Å². The third kappa shape index (κ3) is 10.0. The van der Waals surface area contributed by atoms with Crippen molar-refractivity contribution in [3.05, 3.63) is 0 Å². The molecule has 0 heterocycles. The van der Waals surface area contributed by atoms with Crippen LogP contribution < -0.4 is 10.6 Å². The highest BCUT2D eigenvalue weighted by Gasteiger charge is 2.20. The first-order valence-corrected chi connectivity index (χ1v) is 7.46. The molecule has 0 aromatic heterocycles. The summed E-state index contributed by atoms with van der Waals surface area (Å²) in [4.78, 5) is 33.5. The molecule has 0 aliphatic heterocycles. The van der Waals surface area contributed by atoms with Crippen molar-refractivity contribution in [3.63, 3.8) is 0 Å². The molecule has 0 aromatic carbocycles. The number of amides is 1. The van der Waals surface area contributed by atoms with Crippen molar-refractivity contribution in [1.82, 2.24) is 10.6 Å². The third-order valence-electron chi connectivity index (χ3n) is 3.37. The van der Waals surface area contributed by atoms with E-state index in [-0.39, 0.29) is 30.6 Å². The molecule has 1 amide bonds. The molecule has 6 nitrogen and oxygen atoms in total. The van der Waals surface area contributed by atoms with Crippen LogP contribution in [0.25, 0.3) is 0 Å². The number of ketones is 1. The summed E-state index contributed by atoms with van der Waals surface area (Å²) in [5.74, 6) is -0.638. The molecule has 122 valence electrons. The van der Waals surface area contributed by atoms with Crippen molar-refractivity contribution >= 4 is 17.7 Å². The second-order valence-electron chi connectivity index (χ2n) is 5.90. The van der Waals surface area contributed by atoms with Crippen LogP contribution in [0.2, 0.25) is 0 Å². The summed E-state index contributed by atoms with van der Waals surface area (Å²) >= 11 is 0. The molecule has 0 aliphatic rings. The maximum Gasteiger partial charge on any atom is 0.303 e. The normalized spacial score (nSPS) is 13.8. The Morgan fingerprint density at radius 3 is 2.19 bits per heavy atom. The zero-order chi connectivity index (χ0) is 16.4. The summed E-state index contributed by atoms with van der Waals surface area (Å²) in [6.07, 6.45) is 1.64. The van der Waals surface area contributed by atoms with Gasteiger partial charge in [0.15, 0.2) is 5.78 Å². The summed E-state index contributed by atoms with van der Waals surface area (Å²) in [6.45, 7) is 8.08. The molecule has 2 atom stereocenters. The van der Waals surface area contributed by atoms with Crippen LogP contribution >= 0.6 is 0 Å². The fraction of sp³-hybridized carbons (Fsp3) is 0.800. The molecular weight excluding hydrogens is 272 g/mol. The number of rotatable bonds is 11. The van der Waals surface area contributed by atoms with Gasteiger partial charge in [-0.25, -0.2) is 0 Å². The minimum absolute atomic E-state index is 0.0411. The molecule has 0 saturated heterocycles. The van der Waals surface area contributed by atoms with E-state index in [4.69, 9.17) is 5.11 Å². The molecule has 0 aliphatic carbocycles. The van der Waals surface area contributed by atoms with E-state index in [1.807, 2.05) is 20.8 Å². The second-order valence-corrected chi connectivity index (χ2v) is 5.90. The van der Waals surface area contributed by atoms with Crippen molar-refractivity contribution in [2.75, 3.05) is 13.1 Å². The van der Waals surface area contributed by atoms with E-state index in [0.717, 1.165) is 6.42 Å². The van der Waals surface area contributed by atoms with Crippen LogP contribution in [0.5, 0.6) is 0 Å². The third-order valence-corrected chi connectivity index (χ3v) is 3.37. The van der Waals surface area contributed by atoms with Crippen LogP contribution in [0.4, 0.5) is 0 Å². The van der Waals surface area contributed by atoms with Gasteiger partial charge < -0.3 is 15.7 Å². The zero-order valence-electron chi connectivity index (χ0n) is 13.4. The average molecular weight is 300 g/mol. The van der Waals surface area contributed by atoms with Crippen LogP contribution in [0.15, 0.2) is 0 Å². The molecule has 3 N–H and O–H groups in total. The number of nitrogens with one attached hydrogen (secondary N) is 2. The number of hydrogen-bond donors (Lipinski definition) is 3. The summed E-state index contributed by atoms with van der Waals surface area (Å²) < 4.78 is 0. The Bertz CT molecular complexity index is 356. The Balaban J connectivity index is 3.84. The van der Waals surface area contributed by atoms with Crippen molar-refractivity contribution in [1.29, 1.82) is 0 Å². The highest BCUT2D eigenvalue weighted by molar-refractivity contribution is 5.88. The fourth-order valence-electron chi connectivity index (χ4n) is 2.03. The molecule has 2 unspecified atom stereocenters. The van der Waals surface area contributed by atoms with Crippen LogP contribution in [0.3, 0.4) is 0 Å². The van der Waals surface area contributed by atoms with Crippen LogP contribution in [-0.2, 0) is 14.4 Å². The lowest BCUT2D eigenvalue weighted by Gasteiger charge is -2.19. The van der Waals surface area contributed by atoms with Gasteiger partial charge in [0.25, 0.3) is 0 Å². The largest absolute Gasteiger partial charge is 0.481 e. The quantitative estimate of drug-likeness (QED) is 0.498. The van der Waals surface area contributed by atoms with Crippen LogP contribution in [0.1, 0.15) is 47.0 Å². The van der Waals surface area contributed by atoms with E-state index in [1.54, 1.807) is 0 Å². The van der Waals surface area contributed by atoms with Crippen molar-refractivity contribution in [2.24, 2.45) is 11.8 Å². The summed E-state index contributed by atoms with van der Waals surface area (Å²) in [7, 11) is 0. The number of carboxylic acid groups (broad SMARTS) is 1. The van der Waals surface area contributed by atoms with Gasteiger partial charge in [-0.15, -0.1) is 0 Å². The monoisotopic (exact) mass is 300 g/mol. The Morgan fingerprint density at radius 2 is 1.71 bits per heavy atom. The Morgan fingerprint density at radius 1 is 1.10 bits per heavy atom. The van der Waals surface area contributed by atoms with E-state index in [9.17, 15) is 14.4 Å². The second kappa shape index (κ2) is 10.3. The summed E-state index contributed by atoms with van der Waals surface area (Å²) in [5, 5.41) is 14.3. The molecular formula is C15H28N2O4. The minimum Gasteiger partial charge on any atom is -0.481 e. The Kier molecular flexibility index (Phi) is 9.62. The predicted octanol–water partition coefficient (Wildman–Crippen LogP) is 1.20. The van der Waals surface area contributed by atoms with Crippen LogP contribution in [0, 0.1) is 11.8 Å². The summed E-state index contributed by atoms with van der Waals surface area (Å²) in [6, 6.07) is -0.436. The molecule has 0 radical (unpaired) electrons. The van der Waals surface area contributed by atoms with Crippen LogP contribution in [-0.4, -0.2) is 41.9 Å². The Labute approximate surface area is 126 Å². The Hall–Kier alpha value is -1.43. The van der Waals surface area contributed by atoms with Crippen molar-refractivity contribution < 1.29 is 19.5 Å². The highest BCUT2D eigenvalue weighted by atomic mass is 16.4. The predicted molar refractivity (Wildman–Crippen MR) is 81.0 cm³/mol. The van der Waals surface area contributed by atoms with E-state index in [1.165, 1.54) is 6.92 Å². The smallest absolute Gasteiger partial charge is 0.303 e. The summed E-state index contributed by atoms with van der Waals surface area (Å²) in [5.41, 5.74) is 0. The van der Waals surface area contributed by atoms with Gasteiger partial charge >= 0.3 is 5.97 Å². The van der Waals surface area contributed by atoms with Gasteiger partial charge in [0.05, 0.1) is 12.6 Å². The van der Waals surface area contributed by atoms with Gasteiger partial charge in [0, 0.05) is 6.42 Å². The van der Waals surface area contributed by atoms with Gasteiger partial charge in [-0.3, -0.25) is 14.4 Å². The van der Waals surface area contributed by atoms with E-state index < -0.39 is 12.0 Å². The number of hydrogen-bond acceptors (Lipinski definition) is 4. The van der Waals surface area contributed by atoms with Gasteiger partial charge in [-0.05, 0) is 38.1 Å². The van der Waals surface area contributed by atoms with Gasteiger partial charge in [0.2, 0.25) is 5.91 Å². The first kappa shape index (κ1) is 19.6. The van der Waals surface area contributed by atoms with E-state index in [2.05, 4.69) is 10.6 Å². The first-order chi connectivity index (χ1) is 9.73. The maximum atomic E-state index is 11.7.